The number of hydrogen-bond acceptors (Lipinski definition) is 4. The van der Waals surface area contributed by atoms with Crippen LogP contribution in [0.5, 0.6) is 11.5 Å². The topological polar surface area (TPSA) is 84.9 Å². The zero-order chi connectivity index (χ0) is 17.4. The molecular formula is C18H19NO5. The van der Waals surface area contributed by atoms with E-state index in [1.807, 2.05) is 30.3 Å². The molecule has 24 heavy (non-hydrogen) atoms. The Morgan fingerprint density at radius 3 is 2.29 bits per heavy atom. The number of carbonyl (C=O) groups excluding carboxylic acids is 1. The molecule has 1 atom stereocenters. The molecule has 0 saturated heterocycles. The minimum atomic E-state index is -1.09. The summed E-state index contributed by atoms with van der Waals surface area (Å²) in [7, 11) is 1.50. The zero-order valence-electron chi connectivity index (χ0n) is 13.3. The molecule has 0 aromatic heterocycles. The van der Waals surface area contributed by atoms with Gasteiger partial charge in [-0.3, -0.25) is 4.79 Å². The Hall–Kier alpha value is -3.02. The van der Waals surface area contributed by atoms with Gasteiger partial charge in [0.1, 0.15) is 6.04 Å². The lowest BCUT2D eigenvalue weighted by Gasteiger charge is -2.15. The lowest BCUT2D eigenvalue weighted by molar-refractivity contribution is -0.142. The second-order valence-corrected chi connectivity index (χ2v) is 5.09. The summed E-state index contributed by atoms with van der Waals surface area (Å²) in [5, 5.41) is 11.7. The number of ether oxygens (including phenoxy) is 2. The van der Waals surface area contributed by atoms with E-state index < -0.39 is 17.9 Å². The van der Waals surface area contributed by atoms with Gasteiger partial charge in [-0.25, -0.2) is 4.79 Å². The monoisotopic (exact) mass is 329 g/mol. The first-order valence-corrected chi connectivity index (χ1v) is 7.42. The van der Waals surface area contributed by atoms with Crippen LogP contribution in [0.25, 0.3) is 0 Å². The highest BCUT2D eigenvalue weighted by Crippen LogP contribution is 2.25. The highest BCUT2D eigenvalue weighted by molar-refractivity contribution is 5.84. The van der Waals surface area contributed by atoms with E-state index in [9.17, 15) is 14.7 Å². The molecule has 2 rings (SSSR count). The summed E-state index contributed by atoms with van der Waals surface area (Å²) in [5.41, 5.74) is 0.829. The van der Waals surface area contributed by atoms with E-state index in [-0.39, 0.29) is 13.0 Å². The molecule has 0 aliphatic heterocycles. The van der Waals surface area contributed by atoms with Crippen LogP contribution in [-0.4, -0.2) is 36.7 Å². The van der Waals surface area contributed by atoms with Crippen molar-refractivity contribution in [3.63, 3.8) is 0 Å². The Kier molecular flexibility index (Phi) is 6.19. The number of carboxylic acid groups (broad SMARTS) is 1. The largest absolute Gasteiger partial charge is 0.493 e. The van der Waals surface area contributed by atoms with Gasteiger partial charge in [0.2, 0.25) is 0 Å². The fraction of sp³-hybridized carbons (Fsp3) is 0.222. The number of carbonyl (C=O) groups is 2. The highest BCUT2D eigenvalue weighted by atomic mass is 16.5. The molecule has 6 heteroatoms. The van der Waals surface area contributed by atoms with Crippen LogP contribution in [0.15, 0.2) is 54.6 Å². The number of amides is 1. The van der Waals surface area contributed by atoms with Crippen LogP contribution in [0.3, 0.4) is 0 Å². The van der Waals surface area contributed by atoms with Gasteiger partial charge in [-0.1, -0.05) is 42.5 Å². The maximum absolute atomic E-state index is 12.0. The van der Waals surface area contributed by atoms with Crippen molar-refractivity contribution in [1.82, 2.24) is 5.32 Å². The van der Waals surface area contributed by atoms with Gasteiger partial charge in [0.25, 0.3) is 5.91 Å². The van der Waals surface area contributed by atoms with Gasteiger partial charge in [0, 0.05) is 6.42 Å². The van der Waals surface area contributed by atoms with Crippen LogP contribution in [-0.2, 0) is 16.0 Å². The predicted octanol–water partition coefficient (Wildman–Crippen LogP) is 1.89. The Morgan fingerprint density at radius 2 is 1.67 bits per heavy atom. The number of benzene rings is 2. The summed E-state index contributed by atoms with van der Waals surface area (Å²) in [5.74, 6) is -0.678. The van der Waals surface area contributed by atoms with Crippen LogP contribution in [0.4, 0.5) is 0 Å². The van der Waals surface area contributed by atoms with E-state index in [1.54, 1.807) is 24.3 Å². The van der Waals surface area contributed by atoms with Crippen molar-refractivity contribution in [2.24, 2.45) is 0 Å². The first-order valence-electron chi connectivity index (χ1n) is 7.42. The molecule has 2 aromatic rings. The first kappa shape index (κ1) is 17.3. The average molecular weight is 329 g/mol. The normalized spacial score (nSPS) is 11.4. The Morgan fingerprint density at radius 1 is 1.04 bits per heavy atom. The summed E-state index contributed by atoms with van der Waals surface area (Å²) in [6.45, 7) is -0.293. The van der Waals surface area contributed by atoms with Gasteiger partial charge in [0.15, 0.2) is 18.1 Å². The number of nitrogens with one attached hydrogen (secondary N) is 1. The molecule has 6 nitrogen and oxygen atoms in total. The molecule has 0 aliphatic rings. The van der Waals surface area contributed by atoms with Gasteiger partial charge in [0.05, 0.1) is 7.11 Å². The summed E-state index contributed by atoms with van der Waals surface area (Å²) in [6, 6.07) is 15.0. The quantitative estimate of drug-likeness (QED) is 0.772. The predicted molar refractivity (Wildman–Crippen MR) is 88.2 cm³/mol. The third kappa shape index (κ3) is 5.01. The smallest absolute Gasteiger partial charge is 0.326 e. The van der Waals surface area contributed by atoms with Crippen molar-refractivity contribution in [3.05, 3.63) is 60.2 Å². The zero-order valence-corrected chi connectivity index (χ0v) is 13.3. The van der Waals surface area contributed by atoms with Crippen molar-refractivity contribution < 1.29 is 24.2 Å². The van der Waals surface area contributed by atoms with Crippen LogP contribution >= 0.6 is 0 Å². The molecule has 0 bridgehead atoms. The second-order valence-electron chi connectivity index (χ2n) is 5.09. The van der Waals surface area contributed by atoms with Crippen molar-refractivity contribution in [2.45, 2.75) is 12.5 Å². The molecule has 126 valence electrons. The Labute approximate surface area is 140 Å². The van der Waals surface area contributed by atoms with E-state index in [0.29, 0.717) is 11.5 Å². The summed E-state index contributed by atoms with van der Waals surface area (Å²) in [6.07, 6.45) is 0.205. The summed E-state index contributed by atoms with van der Waals surface area (Å²) < 4.78 is 10.5. The second kappa shape index (κ2) is 8.57. The van der Waals surface area contributed by atoms with E-state index >= 15 is 0 Å². The number of methoxy groups -OCH3 is 1. The van der Waals surface area contributed by atoms with Crippen LogP contribution < -0.4 is 14.8 Å². The van der Waals surface area contributed by atoms with Gasteiger partial charge in [-0.05, 0) is 17.7 Å². The number of aliphatic carboxylic acids is 1. The fourth-order valence-corrected chi connectivity index (χ4v) is 2.17. The summed E-state index contributed by atoms with van der Waals surface area (Å²) in [4.78, 5) is 23.3. The minimum absolute atomic E-state index is 0.205. The molecule has 0 saturated carbocycles. The third-order valence-electron chi connectivity index (χ3n) is 3.34. The number of carboxylic acids is 1. The van der Waals surface area contributed by atoms with E-state index in [1.165, 1.54) is 7.11 Å². The standard InChI is InChI=1S/C18H19NO5/c1-23-15-9-5-6-10-16(15)24-12-17(20)19-14(18(21)22)11-13-7-3-2-4-8-13/h2-10,14H,11-12H2,1H3,(H,19,20)(H,21,22)/t14-/m1/s1. The summed E-state index contributed by atoms with van der Waals surface area (Å²) >= 11 is 0. The number of para-hydroxylation sites is 2. The van der Waals surface area contributed by atoms with Gasteiger partial charge in [-0.15, -0.1) is 0 Å². The molecule has 0 unspecified atom stereocenters. The molecule has 0 heterocycles. The molecule has 2 N–H and O–H groups in total. The third-order valence-corrected chi connectivity index (χ3v) is 3.34. The Balaban J connectivity index is 1.92. The molecule has 0 aliphatic carbocycles. The lowest BCUT2D eigenvalue weighted by atomic mass is 10.1. The van der Waals surface area contributed by atoms with Crippen LogP contribution in [0.1, 0.15) is 5.56 Å². The molecular weight excluding hydrogens is 310 g/mol. The number of rotatable bonds is 8. The fourth-order valence-electron chi connectivity index (χ4n) is 2.17. The van der Waals surface area contributed by atoms with E-state index in [2.05, 4.69) is 5.32 Å². The van der Waals surface area contributed by atoms with Gasteiger partial charge >= 0.3 is 5.97 Å². The maximum atomic E-state index is 12.0. The number of hydrogen-bond donors (Lipinski definition) is 2. The van der Waals surface area contributed by atoms with Crippen LogP contribution in [0.2, 0.25) is 0 Å². The van der Waals surface area contributed by atoms with Gasteiger partial charge in [-0.2, -0.15) is 0 Å². The molecule has 0 radical (unpaired) electrons. The Bertz CT molecular complexity index is 687. The van der Waals surface area contributed by atoms with Crippen molar-refractivity contribution in [2.75, 3.05) is 13.7 Å². The molecule has 1 amide bonds. The van der Waals surface area contributed by atoms with Crippen molar-refractivity contribution in [1.29, 1.82) is 0 Å². The SMILES string of the molecule is COc1ccccc1OCC(=O)N[C@H](Cc1ccccc1)C(=O)O. The first-order chi connectivity index (χ1) is 11.6. The highest BCUT2D eigenvalue weighted by Gasteiger charge is 2.20. The van der Waals surface area contributed by atoms with Crippen LogP contribution in [0, 0.1) is 0 Å². The van der Waals surface area contributed by atoms with Crippen molar-refractivity contribution in [3.8, 4) is 11.5 Å². The lowest BCUT2D eigenvalue weighted by Crippen LogP contribution is -2.44. The van der Waals surface area contributed by atoms with E-state index in [0.717, 1.165) is 5.56 Å². The molecule has 0 fully saturated rings. The maximum Gasteiger partial charge on any atom is 0.326 e. The van der Waals surface area contributed by atoms with Gasteiger partial charge < -0.3 is 19.9 Å². The minimum Gasteiger partial charge on any atom is -0.493 e. The average Bonchev–Trinajstić information content (AvgIpc) is 2.60. The van der Waals surface area contributed by atoms with Crippen molar-refractivity contribution >= 4 is 11.9 Å². The molecule has 2 aromatic carbocycles. The van der Waals surface area contributed by atoms with E-state index in [4.69, 9.17) is 9.47 Å². The molecule has 0 spiro atoms.